The van der Waals surface area contributed by atoms with Gasteiger partial charge in [0.1, 0.15) is 5.69 Å². The van der Waals surface area contributed by atoms with Crippen molar-refractivity contribution in [2.45, 2.75) is 6.18 Å². The van der Waals surface area contributed by atoms with Gasteiger partial charge in [-0.05, 0) is 12.1 Å². The summed E-state index contributed by atoms with van der Waals surface area (Å²) >= 11 is 0. The summed E-state index contributed by atoms with van der Waals surface area (Å²) in [6, 6.07) is 8.63. The number of aromatic nitrogens is 1. The number of likely N-dealkylation sites (tertiary alicyclic amines) is 1. The number of hydrogen-bond acceptors (Lipinski definition) is 4. The van der Waals surface area contributed by atoms with Crippen LogP contribution in [0.15, 0.2) is 30.3 Å². The number of carbonyl (C=O) groups excluding carboxylic acids is 1. The molecule has 144 valence electrons. The molecular weight excluding hydrogens is 363 g/mol. The van der Waals surface area contributed by atoms with Gasteiger partial charge in [-0.2, -0.15) is 13.2 Å². The summed E-state index contributed by atoms with van der Waals surface area (Å²) < 4.78 is 39.5. The Morgan fingerprint density at radius 2 is 1.89 bits per heavy atom. The van der Waals surface area contributed by atoms with Gasteiger partial charge in [0, 0.05) is 38.3 Å². The van der Waals surface area contributed by atoms with E-state index in [2.05, 4.69) is 4.98 Å². The van der Waals surface area contributed by atoms with E-state index in [1.807, 2.05) is 12.1 Å². The number of hydrogen-bond donors (Lipinski definition) is 1. The number of anilines is 1. The third-order valence-electron chi connectivity index (χ3n) is 4.74. The second-order valence-electron chi connectivity index (χ2n) is 6.74. The van der Waals surface area contributed by atoms with Crippen LogP contribution in [0.25, 0.3) is 10.9 Å². The lowest BCUT2D eigenvalue weighted by Crippen LogP contribution is -2.34. The largest absolute Gasteiger partial charge is 0.481 e. The van der Waals surface area contributed by atoms with Crippen molar-refractivity contribution in [1.82, 2.24) is 9.88 Å². The second-order valence-corrected chi connectivity index (χ2v) is 6.74. The first kappa shape index (κ1) is 18.9. The molecular formula is C18H18F3N3O3. The van der Waals surface area contributed by atoms with Crippen LogP contribution >= 0.6 is 0 Å². The fourth-order valence-electron chi connectivity index (χ4n) is 3.35. The predicted molar refractivity (Wildman–Crippen MR) is 92.6 cm³/mol. The topological polar surface area (TPSA) is 73.7 Å². The average molecular weight is 381 g/mol. The maximum atomic E-state index is 13.2. The van der Waals surface area contributed by atoms with Gasteiger partial charge in [0.15, 0.2) is 0 Å². The zero-order valence-corrected chi connectivity index (χ0v) is 14.7. The summed E-state index contributed by atoms with van der Waals surface area (Å²) in [4.78, 5) is 31.0. The molecule has 1 aliphatic rings. The number of pyridine rings is 1. The summed E-state index contributed by atoms with van der Waals surface area (Å²) in [6.45, 7) is -1.19. The van der Waals surface area contributed by atoms with Crippen molar-refractivity contribution in [2.75, 3.05) is 32.1 Å². The van der Waals surface area contributed by atoms with Crippen molar-refractivity contribution in [1.29, 1.82) is 0 Å². The van der Waals surface area contributed by atoms with Crippen LogP contribution in [0.5, 0.6) is 0 Å². The standard InChI is InChI=1S/C18H18F3N3O3/c1-23(2)15-7-14(22-13-6-4-3-5-10(13)15)16(25)24-8-11(17(26)27)12(9-24)18(19,20)21/h3-7,11-12H,8-9H2,1-2H3,(H,26,27)/t11-,12-/m1/s1. The Hall–Kier alpha value is -2.84. The minimum Gasteiger partial charge on any atom is -0.481 e. The highest BCUT2D eigenvalue weighted by molar-refractivity contribution is 6.00. The molecule has 1 aliphatic heterocycles. The smallest absolute Gasteiger partial charge is 0.394 e. The number of rotatable bonds is 3. The number of carboxylic acid groups (broad SMARTS) is 1. The van der Waals surface area contributed by atoms with Crippen molar-refractivity contribution < 1.29 is 27.9 Å². The second kappa shape index (κ2) is 6.71. The van der Waals surface area contributed by atoms with Gasteiger partial charge in [-0.25, -0.2) is 4.98 Å². The quantitative estimate of drug-likeness (QED) is 0.885. The lowest BCUT2D eigenvalue weighted by Gasteiger charge is -2.20. The van der Waals surface area contributed by atoms with E-state index in [0.717, 1.165) is 10.3 Å². The number of para-hydroxylation sites is 1. The van der Waals surface area contributed by atoms with Gasteiger partial charge < -0.3 is 14.9 Å². The van der Waals surface area contributed by atoms with Gasteiger partial charge in [-0.15, -0.1) is 0 Å². The van der Waals surface area contributed by atoms with Crippen molar-refractivity contribution in [3.63, 3.8) is 0 Å². The molecule has 1 N–H and O–H groups in total. The summed E-state index contributed by atoms with van der Waals surface area (Å²) in [5.74, 6) is -6.04. The molecule has 1 fully saturated rings. The third-order valence-corrected chi connectivity index (χ3v) is 4.74. The van der Waals surface area contributed by atoms with E-state index in [-0.39, 0.29) is 5.69 Å². The Kier molecular flexibility index (Phi) is 4.71. The molecule has 2 aromatic rings. The van der Waals surface area contributed by atoms with Crippen LogP contribution in [0.2, 0.25) is 0 Å². The maximum Gasteiger partial charge on any atom is 0.394 e. The average Bonchev–Trinajstić information content (AvgIpc) is 3.06. The number of benzene rings is 1. The minimum absolute atomic E-state index is 0.00985. The predicted octanol–water partition coefficient (Wildman–Crippen LogP) is 2.64. The normalized spacial score (nSPS) is 20.1. The SMILES string of the molecule is CN(C)c1cc(C(=O)N2C[C@@H](C(F)(F)F)[C@H](C(=O)O)C2)nc2ccccc12. The summed E-state index contributed by atoms with van der Waals surface area (Å²) in [5.41, 5.74) is 1.23. The lowest BCUT2D eigenvalue weighted by molar-refractivity contribution is -0.187. The molecule has 1 amide bonds. The third kappa shape index (κ3) is 3.54. The van der Waals surface area contributed by atoms with Gasteiger partial charge in [-0.1, -0.05) is 18.2 Å². The molecule has 1 saturated heterocycles. The van der Waals surface area contributed by atoms with Crippen molar-refractivity contribution in [3.05, 3.63) is 36.0 Å². The van der Waals surface area contributed by atoms with Gasteiger partial charge in [0.2, 0.25) is 0 Å². The molecule has 0 spiro atoms. The van der Waals surface area contributed by atoms with E-state index in [4.69, 9.17) is 5.11 Å². The van der Waals surface area contributed by atoms with E-state index < -0.39 is 43.0 Å². The number of carboxylic acids is 1. The van der Waals surface area contributed by atoms with Gasteiger partial charge in [0.25, 0.3) is 5.91 Å². The Morgan fingerprint density at radius 3 is 2.44 bits per heavy atom. The van der Waals surface area contributed by atoms with E-state index in [9.17, 15) is 22.8 Å². The Bertz CT molecular complexity index is 898. The van der Waals surface area contributed by atoms with Gasteiger partial charge in [0.05, 0.1) is 17.4 Å². The number of aliphatic carboxylic acids is 1. The van der Waals surface area contributed by atoms with Gasteiger partial charge >= 0.3 is 12.1 Å². The fraction of sp³-hybridized carbons (Fsp3) is 0.389. The molecule has 0 bridgehead atoms. The summed E-state index contributed by atoms with van der Waals surface area (Å²) in [5, 5.41) is 9.92. The van der Waals surface area contributed by atoms with Crippen LogP contribution in [0.1, 0.15) is 10.5 Å². The molecule has 9 heteroatoms. The van der Waals surface area contributed by atoms with Crippen LogP contribution in [0.4, 0.5) is 18.9 Å². The first-order chi connectivity index (χ1) is 12.6. The van der Waals surface area contributed by atoms with Crippen LogP contribution in [-0.4, -0.2) is 60.2 Å². The molecule has 0 unspecified atom stereocenters. The van der Waals surface area contributed by atoms with Crippen LogP contribution in [0.3, 0.4) is 0 Å². The molecule has 3 rings (SSSR count). The molecule has 2 atom stereocenters. The van der Waals surface area contributed by atoms with E-state index in [1.165, 1.54) is 6.07 Å². The fourth-order valence-corrected chi connectivity index (χ4v) is 3.35. The Labute approximate surface area is 153 Å². The monoisotopic (exact) mass is 381 g/mol. The molecule has 0 saturated carbocycles. The molecule has 2 heterocycles. The molecule has 1 aromatic heterocycles. The van der Waals surface area contributed by atoms with E-state index in [1.54, 1.807) is 31.1 Å². The number of carbonyl (C=O) groups is 2. The summed E-state index contributed by atoms with van der Waals surface area (Å²) in [6.07, 6.45) is -4.69. The Balaban J connectivity index is 1.98. The Morgan fingerprint density at radius 1 is 1.22 bits per heavy atom. The van der Waals surface area contributed by atoms with Crippen LogP contribution < -0.4 is 4.90 Å². The number of halogens is 3. The van der Waals surface area contributed by atoms with E-state index >= 15 is 0 Å². The minimum atomic E-state index is -4.69. The summed E-state index contributed by atoms with van der Waals surface area (Å²) in [7, 11) is 3.57. The number of nitrogens with zero attached hydrogens (tertiary/aromatic N) is 3. The van der Waals surface area contributed by atoms with E-state index in [0.29, 0.717) is 11.2 Å². The van der Waals surface area contributed by atoms with Crippen molar-refractivity contribution >= 4 is 28.5 Å². The molecule has 1 aromatic carbocycles. The number of amides is 1. The number of alkyl halides is 3. The highest BCUT2D eigenvalue weighted by Gasteiger charge is 2.53. The molecule has 0 radical (unpaired) electrons. The highest BCUT2D eigenvalue weighted by Crippen LogP contribution is 2.38. The van der Waals surface area contributed by atoms with Crippen LogP contribution in [-0.2, 0) is 4.79 Å². The molecule has 0 aliphatic carbocycles. The van der Waals surface area contributed by atoms with Crippen molar-refractivity contribution in [2.24, 2.45) is 11.8 Å². The molecule has 6 nitrogen and oxygen atoms in total. The van der Waals surface area contributed by atoms with Crippen LogP contribution in [0, 0.1) is 11.8 Å². The number of fused-ring (bicyclic) bond motifs is 1. The van der Waals surface area contributed by atoms with Crippen molar-refractivity contribution in [3.8, 4) is 0 Å². The zero-order valence-electron chi connectivity index (χ0n) is 14.7. The zero-order chi connectivity index (χ0) is 19.9. The molecule has 27 heavy (non-hydrogen) atoms. The highest BCUT2D eigenvalue weighted by atomic mass is 19.4. The van der Waals surface area contributed by atoms with Gasteiger partial charge in [-0.3, -0.25) is 9.59 Å². The first-order valence-corrected chi connectivity index (χ1v) is 8.25. The lowest BCUT2D eigenvalue weighted by atomic mass is 9.96. The maximum absolute atomic E-state index is 13.2. The first-order valence-electron chi connectivity index (χ1n) is 8.25.